The molecular formula is C20H26N2O2S2. The van der Waals surface area contributed by atoms with Crippen LogP contribution in [0.5, 0.6) is 0 Å². The zero-order chi connectivity index (χ0) is 18.4. The smallest absolute Gasteiger partial charge is 0.228 e. The Labute approximate surface area is 163 Å². The highest BCUT2D eigenvalue weighted by Crippen LogP contribution is 2.24. The first-order valence-corrected chi connectivity index (χ1v) is 11.0. The molecule has 0 aliphatic carbocycles. The van der Waals surface area contributed by atoms with E-state index in [-0.39, 0.29) is 17.7 Å². The van der Waals surface area contributed by atoms with Crippen LogP contribution >= 0.6 is 22.7 Å². The van der Waals surface area contributed by atoms with E-state index in [9.17, 15) is 9.59 Å². The predicted molar refractivity (Wildman–Crippen MR) is 107 cm³/mol. The lowest BCUT2D eigenvalue weighted by atomic mass is 9.96. The fourth-order valence-corrected chi connectivity index (χ4v) is 4.87. The van der Waals surface area contributed by atoms with E-state index in [4.69, 9.17) is 0 Å². The van der Waals surface area contributed by atoms with E-state index in [2.05, 4.69) is 22.9 Å². The highest BCUT2D eigenvalue weighted by atomic mass is 32.1. The van der Waals surface area contributed by atoms with Crippen LogP contribution in [0.4, 0.5) is 0 Å². The molecule has 1 saturated heterocycles. The van der Waals surface area contributed by atoms with Crippen LogP contribution in [0.25, 0.3) is 0 Å². The lowest BCUT2D eigenvalue weighted by Gasteiger charge is -2.35. The van der Waals surface area contributed by atoms with Crippen molar-refractivity contribution in [2.45, 2.75) is 45.7 Å². The lowest BCUT2D eigenvalue weighted by molar-refractivity contribution is -0.141. The summed E-state index contributed by atoms with van der Waals surface area (Å²) >= 11 is 3.37. The van der Waals surface area contributed by atoms with Crippen molar-refractivity contribution < 1.29 is 9.59 Å². The van der Waals surface area contributed by atoms with Gasteiger partial charge in [0.2, 0.25) is 11.8 Å². The Hall–Kier alpha value is -1.66. The molecule has 3 rings (SSSR count). The van der Waals surface area contributed by atoms with Gasteiger partial charge in [0.15, 0.2) is 0 Å². The molecule has 2 aromatic heterocycles. The van der Waals surface area contributed by atoms with E-state index in [1.165, 1.54) is 9.75 Å². The molecule has 1 atom stereocenters. The lowest BCUT2D eigenvalue weighted by Crippen LogP contribution is -2.46. The topological polar surface area (TPSA) is 40.6 Å². The molecule has 4 nitrogen and oxygen atoms in total. The Kier molecular flexibility index (Phi) is 6.86. The number of rotatable bonds is 7. The van der Waals surface area contributed by atoms with Crippen LogP contribution in [0.15, 0.2) is 35.0 Å². The van der Waals surface area contributed by atoms with Crippen LogP contribution in [0, 0.1) is 5.92 Å². The summed E-state index contributed by atoms with van der Waals surface area (Å²) in [5.41, 5.74) is 0. The van der Waals surface area contributed by atoms with Crippen LogP contribution in [0.3, 0.4) is 0 Å². The molecule has 26 heavy (non-hydrogen) atoms. The Bertz CT molecular complexity index is 661. The van der Waals surface area contributed by atoms with Gasteiger partial charge in [-0.25, -0.2) is 0 Å². The molecule has 1 aliphatic heterocycles. The number of nitrogens with zero attached hydrogens (tertiary/aromatic N) is 2. The standard InChI is InChI=1S/C20H26N2O2S2/c1-2-6-19(23)21-10-3-7-16(13-21)20(24)22(14-17-8-4-11-25-17)15-18-9-5-12-26-18/h4-5,8-9,11-12,16H,2-3,6-7,10,13-15H2,1H3. The number of amides is 2. The van der Waals surface area contributed by atoms with Gasteiger partial charge in [-0.3, -0.25) is 9.59 Å². The van der Waals surface area contributed by atoms with E-state index in [0.717, 1.165) is 25.8 Å². The Morgan fingerprint density at radius 2 is 1.81 bits per heavy atom. The summed E-state index contributed by atoms with van der Waals surface area (Å²) in [7, 11) is 0. The Morgan fingerprint density at radius 3 is 2.35 bits per heavy atom. The van der Waals surface area contributed by atoms with Crippen LogP contribution < -0.4 is 0 Å². The number of carbonyl (C=O) groups is 2. The second-order valence-electron chi connectivity index (χ2n) is 6.78. The first-order valence-electron chi connectivity index (χ1n) is 9.28. The molecule has 1 fully saturated rings. The van der Waals surface area contributed by atoms with Gasteiger partial charge in [-0.05, 0) is 42.2 Å². The molecule has 0 bridgehead atoms. The summed E-state index contributed by atoms with van der Waals surface area (Å²) < 4.78 is 0. The SMILES string of the molecule is CCCC(=O)N1CCCC(C(=O)N(Cc2cccs2)Cc2cccs2)C1. The second-order valence-corrected chi connectivity index (χ2v) is 8.85. The summed E-state index contributed by atoms with van der Waals surface area (Å²) in [4.78, 5) is 31.8. The van der Waals surface area contributed by atoms with Gasteiger partial charge in [0.1, 0.15) is 0 Å². The highest BCUT2D eigenvalue weighted by molar-refractivity contribution is 7.10. The van der Waals surface area contributed by atoms with Crippen LogP contribution in [0.2, 0.25) is 0 Å². The molecule has 0 spiro atoms. The third-order valence-electron chi connectivity index (χ3n) is 4.75. The van der Waals surface area contributed by atoms with Crippen LogP contribution in [-0.4, -0.2) is 34.7 Å². The maximum atomic E-state index is 13.3. The zero-order valence-corrected chi connectivity index (χ0v) is 16.9. The van der Waals surface area contributed by atoms with Gasteiger partial charge in [0.25, 0.3) is 0 Å². The molecule has 2 amide bonds. The molecule has 0 aromatic carbocycles. The van der Waals surface area contributed by atoms with Gasteiger partial charge in [-0.15, -0.1) is 22.7 Å². The van der Waals surface area contributed by atoms with Gasteiger partial charge in [0, 0.05) is 29.3 Å². The van der Waals surface area contributed by atoms with Crippen molar-refractivity contribution in [3.05, 3.63) is 44.8 Å². The van der Waals surface area contributed by atoms with E-state index in [1.54, 1.807) is 22.7 Å². The first-order chi connectivity index (χ1) is 12.7. The minimum absolute atomic E-state index is 0.0792. The van der Waals surface area contributed by atoms with Crippen molar-refractivity contribution in [1.82, 2.24) is 9.80 Å². The van der Waals surface area contributed by atoms with Crippen molar-refractivity contribution in [2.24, 2.45) is 5.92 Å². The fourth-order valence-electron chi connectivity index (χ4n) is 3.43. The predicted octanol–water partition coefficient (Wildman–Crippen LogP) is 4.38. The minimum atomic E-state index is -0.0792. The van der Waals surface area contributed by atoms with Crippen molar-refractivity contribution >= 4 is 34.5 Å². The van der Waals surface area contributed by atoms with Crippen molar-refractivity contribution in [3.8, 4) is 0 Å². The summed E-state index contributed by atoms with van der Waals surface area (Å²) in [5, 5.41) is 4.10. The molecule has 140 valence electrons. The first kappa shape index (κ1) is 19.1. The Balaban J connectivity index is 1.70. The van der Waals surface area contributed by atoms with Gasteiger partial charge < -0.3 is 9.80 Å². The molecule has 1 aliphatic rings. The average Bonchev–Trinajstić information content (AvgIpc) is 3.35. The van der Waals surface area contributed by atoms with E-state index < -0.39 is 0 Å². The average molecular weight is 391 g/mol. The largest absolute Gasteiger partial charge is 0.342 e. The maximum absolute atomic E-state index is 13.3. The molecule has 3 heterocycles. The fraction of sp³-hybridized carbons (Fsp3) is 0.500. The molecule has 0 radical (unpaired) electrons. The zero-order valence-electron chi connectivity index (χ0n) is 15.2. The van der Waals surface area contributed by atoms with E-state index in [0.29, 0.717) is 26.1 Å². The number of hydrogen-bond acceptors (Lipinski definition) is 4. The second kappa shape index (κ2) is 9.33. The summed E-state index contributed by atoms with van der Waals surface area (Å²) in [6.07, 6.45) is 3.23. The number of carbonyl (C=O) groups excluding carboxylic acids is 2. The number of hydrogen-bond donors (Lipinski definition) is 0. The van der Waals surface area contributed by atoms with E-state index >= 15 is 0 Å². The Morgan fingerprint density at radius 1 is 1.15 bits per heavy atom. The van der Waals surface area contributed by atoms with Crippen molar-refractivity contribution in [2.75, 3.05) is 13.1 Å². The third kappa shape index (κ3) is 4.95. The third-order valence-corrected chi connectivity index (χ3v) is 6.47. The highest BCUT2D eigenvalue weighted by Gasteiger charge is 2.31. The van der Waals surface area contributed by atoms with Gasteiger partial charge >= 0.3 is 0 Å². The summed E-state index contributed by atoms with van der Waals surface area (Å²) in [6, 6.07) is 8.22. The summed E-state index contributed by atoms with van der Waals surface area (Å²) in [6.45, 7) is 4.68. The minimum Gasteiger partial charge on any atom is -0.342 e. The monoisotopic (exact) mass is 390 g/mol. The van der Waals surface area contributed by atoms with Crippen LogP contribution in [-0.2, 0) is 22.7 Å². The number of piperidine rings is 1. The summed E-state index contributed by atoms with van der Waals surface area (Å²) in [5.74, 6) is 0.290. The molecule has 0 saturated carbocycles. The van der Waals surface area contributed by atoms with Gasteiger partial charge in [-0.1, -0.05) is 19.1 Å². The number of likely N-dealkylation sites (tertiary alicyclic amines) is 1. The quantitative estimate of drug-likeness (QED) is 0.704. The van der Waals surface area contributed by atoms with Crippen molar-refractivity contribution in [1.29, 1.82) is 0 Å². The van der Waals surface area contributed by atoms with Crippen LogP contribution in [0.1, 0.15) is 42.4 Å². The van der Waals surface area contributed by atoms with Crippen molar-refractivity contribution in [3.63, 3.8) is 0 Å². The normalized spacial score (nSPS) is 17.3. The molecule has 2 aromatic rings. The number of thiophene rings is 2. The maximum Gasteiger partial charge on any atom is 0.228 e. The molecular weight excluding hydrogens is 364 g/mol. The van der Waals surface area contributed by atoms with E-state index in [1.807, 2.05) is 28.9 Å². The van der Waals surface area contributed by atoms with Gasteiger partial charge in [0.05, 0.1) is 19.0 Å². The molecule has 1 unspecified atom stereocenters. The molecule has 6 heteroatoms. The van der Waals surface area contributed by atoms with Gasteiger partial charge in [-0.2, -0.15) is 0 Å². The molecule has 0 N–H and O–H groups in total.